The van der Waals surface area contributed by atoms with Crippen LogP contribution < -0.4 is 0 Å². The molecule has 0 aliphatic carbocycles. The normalized spacial score (nSPS) is 11.8. The lowest BCUT2D eigenvalue weighted by atomic mass is 10.3. The molecule has 0 aliphatic heterocycles. The third kappa shape index (κ3) is 4.77. The van der Waals surface area contributed by atoms with E-state index in [9.17, 15) is 4.79 Å². The second kappa shape index (κ2) is 6.70. The molecule has 1 unspecified atom stereocenters. The van der Waals surface area contributed by atoms with Gasteiger partial charge in [0.2, 0.25) is 0 Å². The minimum absolute atomic E-state index is 0.330. The molecule has 0 amide bonds. The molecule has 0 spiro atoms. The molecular weight excluding hydrogens is 156 g/mol. The Morgan fingerprint density at radius 3 is 2.83 bits per heavy atom. The lowest BCUT2D eigenvalue weighted by molar-refractivity contribution is -0.152. The van der Waals surface area contributed by atoms with E-state index in [0.29, 0.717) is 6.61 Å². The van der Waals surface area contributed by atoms with Crippen molar-refractivity contribution in [2.24, 2.45) is 0 Å². The fourth-order valence-corrected chi connectivity index (χ4v) is 0.634. The Labute approximate surface area is 73.4 Å². The molecule has 0 radical (unpaired) electrons. The summed E-state index contributed by atoms with van der Waals surface area (Å²) in [6, 6.07) is 0. The molecular formula is C9H16O3. The number of ether oxygens (including phenoxy) is 2. The summed E-state index contributed by atoms with van der Waals surface area (Å²) in [7, 11) is 0. The van der Waals surface area contributed by atoms with Crippen LogP contribution in [0.1, 0.15) is 26.7 Å². The molecule has 1 atom stereocenters. The Balaban J connectivity index is 3.49. The van der Waals surface area contributed by atoms with Gasteiger partial charge < -0.3 is 9.47 Å². The van der Waals surface area contributed by atoms with Gasteiger partial charge in [0.1, 0.15) is 0 Å². The van der Waals surface area contributed by atoms with Crippen molar-refractivity contribution in [2.45, 2.75) is 32.8 Å². The van der Waals surface area contributed by atoms with Gasteiger partial charge in [0.05, 0.1) is 12.9 Å². The van der Waals surface area contributed by atoms with Crippen LogP contribution in [0.3, 0.4) is 0 Å². The second-order valence-corrected chi connectivity index (χ2v) is 2.47. The van der Waals surface area contributed by atoms with Gasteiger partial charge in [0, 0.05) is 0 Å². The van der Waals surface area contributed by atoms with Crippen molar-refractivity contribution in [3.63, 3.8) is 0 Å². The zero-order valence-electron chi connectivity index (χ0n) is 7.71. The molecule has 0 bridgehead atoms. The monoisotopic (exact) mass is 172 g/mol. The van der Waals surface area contributed by atoms with E-state index in [1.807, 2.05) is 6.92 Å². The number of carbonyl (C=O) groups is 1. The van der Waals surface area contributed by atoms with E-state index < -0.39 is 6.10 Å². The number of carbonyl (C=O) groups excluding carboxylic acids is 1. The number of unbranched alkanes of at least 4 members (excludes halogenated alkanes) is 1. The van der Waals surface area contributed by atoms with Crippen molar-refractivity contribution >= 4 is 5.97 Å². The van der Waals surface area contributed by atoms with Crippen molar-refractivity contribution in [3.8, 4) is 0 Å². The number of esters is 1. The lowest BCUT2D eigenvalue weighted by Crippen LogP contribution is -2.21. The third-order valence-electron chi connectivity index (χ3n) is 1.37. The van der Waals surface area contributed by atoms with Crippen LogP contribution in [0.4, 0.5) is 0 Å². The van der Waals surface area contributed by atoms with Crippen LogP contribution in [-0.2, 0) is 14.3 Å². The predicted molar refractivity (Wildman–Crippen MR) is 46.6 cm³/mol. The molecule has 0 N–H and O–H groups in total. The Morgan fingerprint density at radius 2 is 2.33 bits per heavy atom. The summed E-state index contributed by atoms with van der Waals surface area (Å²) >= 11 is 0. The molecule has 0 aliphatic rings. The minimum Gasteiger partial charge on any atom is -0.487 e. The highest BCUT2D eigenvalue weighted by Crippen LogP contribution is 1.96. The lowest BCUT2D eigenvalue weighted by Gasteiger charge is -2.09. The molecule has 0 aromatic heterocycles. The van der Waals surface area contributed by atoms with Crippen LogP contribution in [0.15, 0.2) is 12.8 Å². The first-order chi connectivity index (χ1) is 5.72. The van der Waals surface area contributed by atoms with Gasteiger partial charge in [-0.2, -0.15) is 0 Å². The van der Waals surface area contributed by atoms with Crippen molar-refractivity contribution in [1.82, 2.24) is 0 Å². The van der Waals surface area contributed by atoms with Crippen molar-refractivity contribution in [2.75, 3.05) is 6.61 Å². The summed E-state index contributed by atoms with van der Waals surface area (Å²) in [4.78, 5) is 11.0. The molecule has 0 saturated heterocycles. The highest BCUT2D eigenvalue weighted by Gasteiger charge is 2.13. The van der Waals surface area contributed by atoms with E-state index in [-0.39, 0.29) is 5.97 Å². The summed E-state index contributed by atoms with van der Waals surface area (Å²) < 4.78 is 9.71. The Hall–Kier alpha value is -0.990. The van der Waals surface area contributed by atoms with Gasteiger partial charge >= 0.3 is 5.97 Å². The molecule has 0 rings (SSSR count). The molecule has 0 aromatic rings. The smallest absolute Gasteiger partial charge is 0.346 e. The number of rotatable bonds is 6. The third-order valence-corrected chi connectivity index (χ3v) is 1.37. The minimum atomic E-state index is -0.542. The molecule has 12 heavy (non-hydrogen) atoms. The van der Waals surface area contributed by atoms with Crippen LogP contribution >= 0.6 is 0 Å². The molecule has 3 heteroatoms. The molecule has 0 saturated carbocycles. The van der Waals surface area contributed by atoms with Gasteiger partial charge in [-0.1, -0.05) is 19.9 Å². The maximum Gasteiger partial charge on any atom is 0.346 e. The van der Waals surface area contributed by atoms with Gasteiger partial charge in [0.15, 0.2) is 6.10 Å². The topological polar surface area (TPSA) is 35.5 Å². The standard InChI is InChI=1S/C9H16O3/c1-4-6-7-12-9(10)8(3)11-5-2/h5,8H,2,4,6-7H2,1,3H3. The maximum atomic E-state index is 11.0. The molecule has 0 fully saturated rings. The van der Waals surface area contributed by atoms with Gasteiger partial charge in [-0.15, -0.1) is 0 Å². The second-order valence-electron chi connectivity index (χ2n) is 2.47. The maximum absolute atomic E-state index is 11.0. The summed E-state index contributed by atoms with van der Waals surface area (Å²) in [5, 5.41) is 0. The van der Waals surface area contributed by atoms with E-state index in [4.69, 9.17) is 9.47 Å². The first-order valence-electron chi connectivity index (χ1n) is 4.15. The summed E-state index contributed by atoms with van der Waals surface area (Å²) in [6.45, 7) is 7.50. The van der Waals surface area contributed by atoms with Crippen LogP contribution in [0, 0.1) is 0 Å². The molecule has 0 heterocycles. The SMILES string of the molecule is C=COC(C)C(=O)OCCCC. The molecule has 3 nitrogen and oxygen atoms in total. The first kappa shape index (κ1) is 11.0. The van der Waals surface area contributed by atoms with Gasteiger partial charge in [-0.05, 0) is 13.3 Å². The van der Waals surface area contributed by atoms with E-state index >= 15 is 0 Å². The molecule has 70 valence electrons. The first-order valence-corrected chi connectivity index (χ1v) is 4.15. The zero-order valence-corrected chi connectivity index (χ0v) is 7.71. The average molecular weight is 172 g/mol. The number of hydrogen-bond donors (Lipinski definition) is 0. The van der Waals surface area contributed by atoms with Crippen LogP contribution in [-0.4, -0.2) is 18.7 Å². The van der Waals surface area contributed by atoms with E-state index in [1.165, 1.54) is 6.26 Å². The van der Waals surface area contributed by atoms with Gasteiger partial charge in [-0.3, -0.25) is 0 Å². The summed E-state index contributed by atoms with van der Waals surface area (Å²) in [5.74, 6) is -0.330. The van der Waals surface area contributed by atoms with Crippen LogP contribution in [0.2, 0.25) is 0 Å². The average Bonchev–Trinajstić information content (AvgIpc) is 2.05. The van der Waals surface area contributed by atoms with Crippen molar-refractivity contribution in [1.29, 1.82) is 0 Å². The highest BCUT2D eigenvalue weighted by atomic mass is 16.6. The van der Waals surface area contributed by atoms with Crippen molar-refractivity contribution < 1.29 is 14.3 Å². The van der Waals surface area contributed by atoms with Crippen LogP contribution in [0.5, 0.6) is 0 Å². The Morgan fingerprint density at radius 1 is 1.67 bits per heavy atom. The largest absolute Gasteiger partial charge is 0.487 e. The van der Waals surface area contributed by atoms with Gasteiger partial charge in [0.25, 0.3) is 0 Å². The summed E-state index contributed by atoms with van der Waals surface area (Å²) in [6.07, 6.45) is 2.61. The Kier molecular flexibility index (Phi) is 6.15. The van der Waals surface area contributed by atoms with Crippen LogP contribution in [0.25, 0.3) is 0 Å². The fraction of sp³-hybridized carbons (Fsp3) is 0.667. The van der Waals surface area contributed by atoms with E-state index in [0.717, 1.165) is 12.8 Å². The summed E-state index contributed by atoms with van der Waals surface area (Å²) in [5.41, 5.74) is 0. The predicted octanol–water partition coefficient (Wildman–Crippen LogP) is 1.88. The van der Waals surface area contributed by atoms with Crippen molar-refractivity contribution in [3.05, 3.63) is 12.8 Å². The number of hydrogen-bond acceptors (Lipinski definition) is 3. The zero-order chi connectivity index (χ0) is 9.40. The quantitative estimate of drug-likeness (QED) is 0.348. The van der Waals surface area contributed by atoms with Gasteiger partial charge in [-0.25, -0.2) is 4.79 Å². The Bertz CT molecular complexity index is 143. The van der Waals surface area contributed by atoms with E-state index in [1.54, 1.807) is 6.92 Å². The van der Waals surface area contributed by atoms with E-state index in [2.05, 4.69) is 6.58 Å². The highest BCUT2D eigenvalue weighted by molar-refractivity contribution is 5.74. The fourth-order valence-electron chi connectivity index (χ4n) is 0.634. The molecule has 0 aromatic carbocycles.